The first-order chi connectivity index (χ1) is 5.74. The SMILES string of the molecule is CC(CN)N(C)Cc1cccs1. The molecule has 0 aliphatic rings. The predicted molar refractivity (Wildman–Crippen MR) is 54.3 cm³/mol. The molecule has 0 aliphatic heterocycles. The number of nitrogens with zero attached hydrogens (tertiary/aromatic N) is 1. The maximum Gasteiger partial charge on any atom is 0.0328 e. The lowest BCUT2D eigenvalue weighted by molar-refractivity contribution is 0.257. The van der Waals surface area contributed by atoms with Gasteiger partial charge in [0.2, 0.25) is 0 Å². The van der Waals surface area contributed by atoms with Gasteiger partial charge in [0.25, 0.3) is 0 Å². The predicted octanol–water partition coefficient (Wildman–Crippen LogP) is 1.53. The van der Waals surface area contributed by atoms with Crippen LogP contribution in [0.2, 0.25) is 0 Å². The zero-order chi connectivity index (χ0) is 8.97. The van der Waals surface area contributed by atoms with Crippen molar-refractivity contribution in [3.8, 4) is 0 Å². The van der Waals surface area contributed by atoms with Crippen LogP contribution >= 0.6 is 11.3 Å². The number of thiophene rings is 1. The highest BCUT2D eigenvalue weighted by Crippen LogP contribution is 2.11. The fraction of sp³-hybridized carbons (Fsp3) is 0.556. The van der Waals surface area contributed by atoms with Gasteiger partial charge >= 0.3 is 0 Å². The zero-order valence-corrected chi connectivity index (χ0v) is 8.47. The van der Waals surface area contributed by atoms with Crippen molar-refractivity contribution < 1.29 is 0 Å². The minimum Gasteiger partial charge on any atom is -0.329 e. The van der Waals surface area contributed by atoms with Gasteiger partial charge in [0.05, 0.1) is 0 Å². The molecule has 0 saturated carbocycles. The number of nitrogens with two attached hydrogens (primary N) is 1. The molecule has 3 heteroatoms. The average Bonchev–Trinajstić information content (AvgIpc) is 2.55. The zero-order valence-electron chi connectivity index (χ0n) is 7.66. The van der Waals surface area contributed by atoms with E-state index < -0.39 is 0 Å². The minimum absolute atomic E-state index is 0.465. The summed E-state index contributed by atoms with van der Waals surface area (Å²) in [6, 6.07) is 4.71. The summed E-state index contributed by atoms with van der Waals surface area (Å²) >= 11 is 1.80. The first-order valence-corrected chi connectivity index (χ1v) is 5.04. The maximum atomic E-state index is 5.56. The van der Waals surface area contributed by atoms with Crippen LogP contribution in [0.25, 0.3) is 0 Å². The Kier molecular flexibility index (Phi) is 3.72. The molecule has 0 aliphatic carbocycles. The van der Waals surface area contributed by atoms with Crippen LogP contribution in [0.1, 0.15) is 11.8 Å². The summed E-state index contributed by atoms with van der Waals surface area (Å²) in [7, 11) is 2.11. The molecule has 1 aromatic rings. The smallest absolute Gasteiger partial charge is 0.0328 e. The molecule has 1 atom stereocenters. The fourth-order valence-corrected chi connectivity index (χ4v) is 1.75. The van der Waals surface area contributed by atoms with Gasteiger partial charge in [0.15, 0.2) is 0 Å². The molecule has 2 N–H and O–H groups in total. The van der Waals surface area contributed by atoms with E-state index in [0.29, 0.717) is 6.04 Å². The summed E-state index contributed by atoms with van der Waals surface area (Å²) in [6.45, 7) is 3.88. The van der Waals surface area contributed by atoms with Gasteiger partial charge in [-0.15, -0.1) is 11.3 Å². The maximum absolute atomic E-state index is 5.56. The van der Waals surface area contributed by atoms with E-state index in [1.54, 1.807) is 11.3 Å². The summed E-state index contributed by atoms with van der Waals surface area (Å²) in [4.78, 5) is 3.67. The van der Waals surface area contributed by atoms with E-state index >= 15 is 0 Å². The van der Waals surface area contributed by atoms with Gasteiger partial charge in [0, 0.05) is 24.0 Å². The lowest BCUT2D eigenvalue weighted by atomic mass is 10.3. The average molecular weight is 184 g/mol. The van der Waals surface area contributed by atoms with E-state index in [4.69, 9.17) is 5.73 Å². The number of hydrogen-bond donors (Lipinski definition) is 1. The Morgan fingerprint density at radius 1 is 1.67 bits per heavy atom. The van der Waals surface area contributed by atoms with Crippen molar-refractivity contribution in [2.75, 3.05) is 13.6 Å². The van der Waals surface area contributed by atoms with Crippen molar-refractivity contribution in [1.29, 1.82) is 0 Å². The van der Waals surface area contributed by atoms with Gasteiger partial charge in [-0.25, -0.2) is 0 Å². The molecule has 0 aromatic carbocycles. The lowest BCUT2D eigenvalue weighted by Gasteiger charge is -2.22. The summed E-state index contributed by atoms with van der Waals surface area (Å²) in [5, 5.41) is 2.11. The number of rotatable bonds is 4. The van der Waals surface area contributed by atoms with Gasteiger partial charge < -0.3 is 5.73 Å². The van der Waals surface area contributed by atoms with Gasteiger partial charge in [-0.3, -0.25) is 4.90 Å². The second-order valence-electron chi connectivity index (χ2n) is 3.08. The highest BCUT2D eigenvalue weighted by molar-refractivity contribution is 7.09. The van der Waals surface area contributed by atoms with E-state index in [1.807, 2.05) is 0 Å². The Morgan fingerprint density at radius 3 is 2.92 bits per heavy atom. The van der Waals surface area contributed by atoms with Crippen molar-refractivity contribution in [2.24, 2.45) is 5.73 Å². The molecule has 0 amide bonds. The molecule has 1 rings (SSSR count). The highest BCUT2D eigenvalue weighted by atomic mass is 32.1. The molecule has 2 nitrogen and oxygen atoms in total. The van der Waals surface area contributed by atoms with Crippen LogP contribution in [0.15, 0.2) is 17.5 Å². The molecule has 68 valence electrons. The van der Waals surface area contributed by atoms with E-state index in [0.717, 1.165) is 13.1 Å². The van der Waals surface area contributed by atoms with Crippen molar-refractivity contribution in [3.05, 3.63) is 22.4 Å². The Labute approximate surface area is 78.0 Å². The Morgan fingerprint density at radius 2 is 2.42 bits per heavy atom. The molecular formula is C9H16N2S. The monoisotopic (exact) mass is 184 g/mol. The summed E-state index contributed by atoms with van der Waals surface area (Å²) in [5.74, 6) is 0. The number of hydrogen-bond acceptors (Lipinski definition) is 3. The quantitative estimate of drug-likeness (QED) is 0.769. The molecule has 12 heavy (non-hydrogen) atoms. The standard InChI is InChI=1S/C9H16N2S/c1-8(6-10)11(2)7-9-4-3-5-12-9/h3-5,8H,6-7,10H2,1-2H3. The van der Waals surface area contributed by atoms with Crippen LogP contribution in [0.5, 0.6) is 0 Å². The Bertz CT molecular complexity index is 208. The van der Waals surface area contributed by atoms with Crippen molar-refractivity contribution in [2.45, 2.75) is 19.5 Å². The van der Waals surface area contributed by atoms with Gasteiger partial charge in [-0.1, -0.05) is 6.07 Å². The van der Waals surface area contributed by atoms with Gasteiger partial charge in [-0.05, 0) is 25.4 Å². The molecule has 1 unspecified atom stereocenters. The molecule has 1 aromatic heterocycles. The van der Waals surface area contributed by atoms with Gasteiger partial charge in [-0.2, -0.15) is 0 Å². The molecule has 1 heterocycles. The number of likely N-dealkylation sites (N-methyl/N-ethyl adjacent to an activating group) is 1. The topological polar surface area (TPSA) is 29.3 Å². The molecule has 0 radical (unpaired) electrons. The van der Waals surface area contributed by atoms with E-state index in [2.05, 4.69) is 36.4 Å². The van der Waals surface area contributed by atoms with E-state index in [9.17, 15) is 0 Å². The first-order valence-electron chi connectivity index (χ1n) is 4.16. The van der Waals surface area contributed by atoms with Crippen LogP contribution in [-0.2, 0) is 6.54 Å². The lowest BCUT2D eigenvalue weighted by Crippen LogP contribution is -2.34. The first kappa shape index (κ1) is 9.71. The third kappa shape index (κ3) is 2.59. The highest BCUT2D eigenvalue weighted by Gasteiger charge is 2.07. The second kappa shape index (κ2) is 4.60. The molecular weight excluding hydrogens is 168 g/mol. The van der Waals surface area contributed by atoms with E-state index in [-0.39, 0.29) is 0 Å². The minimum atomic E-state index is 0.465. The van der Waals surface area contributed by atoms with Crippen molar-refractivity contribution in [1.82, 2.24) is 4.90 Å². The second-order valence-corrected chi connectivity index (χ2v) is 4.11. The third-order valence-corrected chi connectivity index (χ3v) is 2.94. The Balaban J connectivity index is 2.41. The third-order valence-electron chi connectivity index (χ3n) is 2.08. The van der Waals surface area contributed by atoms with Crippen LogP contribution in [0.4, 0.5) is 0 Å². The van der Waals surface area contributed by atoms with E-state index in [1.165, 1.54) is 4.88 Å². The van der Waals surface area contributed by atoms with Crippen molar-refractivity contribution in [3.63, 3.8) is 0 Å². The summed E-state index contributed by atoms with van der Waals surface area (Å²) < 4.78 is 0. The Hall–Kier alpha value is -0.380. The molecule has 0 bridgehead atoms. The van der Waals surface area contributed by atoms with Crippen LogP contribution in [0.3, 0.4) is 0 Å². The summed E-state index contributed by atoms with van der Waals surface area (Å²) in [5.41, 5.74) is 5.56. The van der Waals surface area contributed by atoms with Crippen LogP contribution in [0, 0.1) is 0 Å². The van der Waals surface area contributed by atoms with Gasteiger partial charge in [0.1, 0.15) is 0 Å². The molecule has 0 saturated heterocycles. The van der Waals surface area contributed by atoms with Crippen molar-refractivity contribution >= 4 is 11.3 Å². The molecule has 0 spiro atoms. The van der Waals surface area contributed by atoms with Crippen LogP contribution < -0.4 is 5.73 Å². The molecule has 0 fully saturated rings. The largest absolute Gasteiger partial charge is 0.329 e. The van der Waals surface area contributed by atoms with Crippen LogP contribution in [-0.4, -0.2) is 24.5 Å². The fourth-order valence-electron chi connectivity index (χ4n) is 0.984. The summed E-state index contributed by atoms with van der Waals surface area (Å²) in [6.07, 6.45) is 0. The normalized spacial score (nSPS) is 13.7.